The second kappa shape index (κ2) is 8.88. The van der Waals surface area contributed by atoms with Crippen molar-refractivity contribution in [3.8, 4) is 22.7 Å². The Labute approximate surface area is 197 Å². The Balaban J connectivity index is 1.99. The fourth-order valence-corrected chi connectivity index (χ4v) is 4.12. The summed E-state index contributed by atoms with van der Waals surface area (Å²) in [5.74, 6) is 0.597. The van der Waals surface area contributed by atoms with E-state index in [1.165, 1.54) is 16.8 Å². The summed E-state index contributed by atoms with van der Waals surface area (Å²) in [6.45, 7) is 6.12. The standard InChI is InChI=1S/C24H24N4O5S/c1-24(2,3)17-13-19(28-12-11-20(29)26-23(28)30)16-9-10-18(25-21(16)22(17)33-4)14-5-7-15(8-6-14)27-34(31)32/h5-13,27H,1-4H3,(H,31,32)(H,26,29,30). The summed E-state index contributed by atoms with van der Waals surface area (Å²) in [5, 5.41) is 0.678. The lowest BCUT2D eigenvalue weighted by Gasteiger charge is -2.25. The Morgan fingerprint density at radius 1 is 1.09 bits per heavy atom. The number of ether oxygens (including phenoxy) is 1. The SMILES string of the molecule is COc1c(C(C)(C)C)cc(-n2ccc(=O)[nH]c2=O)c2ccc(-c3ccc(NS(=O)O)cc3)nc12. The predicted octanol–water partition coefficient (Wildman–Crippen LogP) is 3.60. The van der Waals surface area contributed by atoms with Crippen LogP contribution >= 0.6 is 0 Å². The zero-order chi connectivity index (χ0) is 24.6. The summed E-state index contributed by atoms with van der Waals surface area (Å²) in [5.41, 5.74) is 2.60. The third-order valence-corrected chi connectivity index (χ3v) is 5.80. The summed E-state index contributed by atoms with van der Waals surface area (Å²) in [6.07, 6.45) is 1.44. The van der Waals surface area contributed by atoms with Crippen molar-refractivity contribution in [2.75, 3.05) is 11.8 Å². The summed E-state index contributed by atoms with van der Waals surface area (Å²) < 4.78 is 29.6. The van der Waals surface area contributed by atoms with Crippen molar-refractivity contribution in [3.05, 3.63) is 81.1 Å². The highest BCUT2D eigenvalue weighted by Gasteiger charge is 2.25. The van der Waals surface area contributed by atoms with Gasteiger partial charge in [0.15, 0.2) is 0 Å². The van der Waals surface area contributed by atoms with Gasteiger partial charge in [0.25, 0.3) is 16.8 Å². The van der Waals surface area contributed by atoms with Gasteiger partial charge in [-0.05, 0) is 35.7 Å². The quantitative estimate of drug-likeness (QED) is 0.375. The second-order valence-electron chi connectivity index (χ2n) is 8.73. The number of nitrogens with one attached hydrogen (secondary N) is 2. The molecule has 0 radical (unpaired) electrons. The molecule has 0 saturated carbocycles. The van der Waals surface area contributed by atoms with E-state index in [-0.39, 0.29) is 5.41 Å². The van der Waals surface area contributed by atoms with E-state index in [1.807, 2.05) is 39.0 Å². The molecule has 9 nitrogen and oxygen atoms in total. The summed E-state index contributed by atoms with van der Waals surface area (Å²) >= 11 is -2.16. The van der Waals surface area contributed by atoms with Crippen LogP contribution in [0.15, 0.2) is 64.3 Å². The van der Waals surface area contributed by atoms with Gasteiger partial charge in [-0.2, -0.15) is 0 Å². The van der Waals surface area contributed by atoms with Gasteiger partial charge in [-0.15, -0.1) is 0 Å². The molecule has 0 spiro atoms. The molecule has 0 aliphatic carbocycles. The van der Waals surface area contributed by atoms with Crippen molar-refractivity contribution in [2.24, 2.45) is 0 Å². The lowest BCUT2D eigenvalue weighted by atomic mass is 9.85. The first-order valence-corrected chi connectivity index (χ1v) is 11.5. The number of aromatic nitrogens is 3. The number of hydrogen-bond donors (Lipinski definition) is 3. The molecule has 0 aliphatic rings. The van der Waals surface area contributed by atoms with Crippen LogP contribution < -0.4 is 20.7 Å². The van der Waals surface area contributed by atoms with Crippen LogP contribution in [0.3, 0.4) is 0 Å². The number of anilines is 1. The summed E-state index contributed by atoms with van der Waals surface area (Å²) in [7, 11) is 1.58. The van der Waals surface area contributed by atoms with Crippen LogP contribution in [0, 0.1) is 0 Å². The number of methoxy groups -OCH3 is 1. The lowest BCUT2D eigenvalue weighted by Crippen LogP contribution is -2.28. The van der Waals surface area contributed by atoms with Gasteiger partial charge in [0, 0.05) is 34.5 Å². The van der Waals surface area contributed by atoms with Crippen LogP contribution in [-0.4, -0.2) is 30.4 Å². The van der Waals surface area contributed by atoms with E-state index < -0.39 is 22.5 Å². The Bertz CT molecular complexity index is 1520. The van der Waals surface area contributed by atoms with Crippen molar-refractivity contribution in [1.82, 2.24) is 14.5 Å². The minimum Gasteiger partial charge on any atom is -0.494 e. The molecule has 34 heavy (non-hydrogen) atoms. The van der Waals surface area contributed by atoms with E-state index in [2.05, 4.69) is 9.71 Å². The molecule has 2 aromatic carbocycles. The van der Waals surface area contributed by atoms with Gasteiger partial charge in [-0.1, -0.05) is 32.9 Å². The molecule has 176 valence electrons. The van der Waals surface area contributed by atoms with Crippen LogP contribution in [0.5, 0.6) is 5.75 Å². The van der Waals surface area contributed by atoms with Gasteiger partial charge in [-0.3, -0.25) is 23.6 Å². The third kappa shape index (κ3) is 4.50. The van der Waals surface area contributed by atoms with Crippen LogP contribution in [0.1, 0.15) is 26.3 Å². The van der Waals surface area contributed by atoms with Gasteiger partial charge in [-0.25, -0.2) is 14.0 Å². The molecule has 2 aromatic heterocycles. The highest BCUT2D eigenvalue weighted by Crippen LogP contribution is 2.40. The molecule has 4 aromatic rings. The van der Waals surface area contributed by atoms with Crippen molar-refractivity contribution >= 4 is 27.9 Å². The third-order valence-electron chi connectivity index (χ3n) is 5.39. The van der Waals surface area contributed by atoms with Crippen molar-refractivity contribution < 1.29 is 13.5 Å². The number of rotatable bonds is 5. The molecule has 0 aliphatic heterocycles. The van der Waals surface area contributed by atoms with E-state index in [0.717, 1.165) is 11.1 Å². The predicted molar refractivity (Wildman–Crippen MR) is 133 cm³/mol. The average Bonchev–Trinajstić information content (AvgIpc) is 2.77. The molecule has 0 saturated heterocycles. The fraction of sp³-hybridized carbons (Fsp3) is 0.208. The summed E-state index contributed by atoms with van der Waals surface area (Å²) in [6, 6.07) is 13.8. The lowest BCUT2D eigenvalue weighted by molar-refractivity contribution is 0.401. The van der Waals surface area contributed by atoms with E-state index in [0.29, 0.717) is 33.7 Å². The van der Waals surface area contributed by atoms with E-state index in [4.69, 9.17) is 14.3 Å². The number of H-pyrrole nitrogens is 1. The highest BCUT2D eigenvalue weighted by atomic mass is 32.2. The molecular weight excluding hydrogens is 456 g/mol. The van der Waals surface area contributed by atoms with Crippen molar-refractivity contribution in [3.63, 3.8) is 0 Å². The molecule has 2 heterocycles. The van der Waals surface area contributed by atoms with Gasteiger partial charge >= 0.3 is 5.69 Å². The van der Waals surface area contributed by atoms with Crippen LogP contribution in [0.25, 0.3) is 27.8 Å². The topological polar surface area (TPSA) is 126 Å². The molecular formula is C24H24N4O5S. The molecule has 0 fully saturated rings. The van der Waals surface area contributed by atoms with Crippen LogP contribution in [0.2, 0.25) is 0 Å². The van der Waals surface area contributed by atoms with Crippen molar-refractivity contribution in [2.45, 2.75) is 26.2 Å². The van der Waals surface area contributed by atoms with Crippen LogP contribution in [-0.2, 0) is 16.7 Å². The van der Waals surface area contributed by atoms with Crippen molar-refractivity contribution in [1.29, 1.82) is 0 Å². The largest absolute Gasteiger partial charge is 0.494 e. The molecule has 1 atom stereocenters. The maximum atomic E-state index is 12.6. The van der Waals surface area contributed by atoms with Gasteiger partial charge < -0.3 is 4.74 Å². The summed E-state index contributed by atoms with van der Waals surface area (Å²) in [4.78, 5) is 31.4. The Hall–Kier alpha value is -3.76. The maximum absolute atomic E-state index is 12.6. The number of hydrogen-bond acceptors (Lipinski definition) is 5. The Kier molecular flexibility index (Phi) is 6.11. The number of pyridine rings is 1. The smallest absolute Gasteiger partial charge is 0.332 e. The minimum absolute atomic E-state index is 0.328. The maximum Gasteiger partial charge on any atom is 0.332 e. The average molecular weight is 481 g/mol. The zero-order valence-corrected chi connectivity index (χ0v) is 19.9. The number of nitrogens with zero attached hydrogens (tertiary/aromatic N) is 2. The minimum atomic E-state index is -2.16. The number of benzene rings is 2. The molecule has 4 rings (SSSR count). The molecule has 10 heteroatoms. The monoisotopic (exact) mass is 480 g/mol. The van der Waals surface area contributed by atoms with E-state index >= 15 is 0 Å². The second-order valence-corrected chi connectivity index (χ2v) is 9.43. The normalized spacial score (nSPS) is 12.5. The van der Waals surface area contributed by atoms with E-state index in [9.17, 15) is 13.8 Å². The number of aromatic amines is 1. The molecule has 3 N–H and O–H groups in total. The molecule has 0 amide bonds. The van der Waals surface area contributed by atoms with Gasteiger partial charge in [0.1, 0.15) is 11.3 Å². The first kappa shape index (κ1) is 23.4. The first-order valence-electron chi connectivity index (χ1n) is 10.4. The Morgan fingerprint density at radius 2 is 1.79 bits per heavy atom. The Morgan fingerprint density at radius 3 is 2.38 bits per heavy atom. The first-order chi connectivity index (χ1) is 16.1. The fourth-order valence-electron chi connectivity index (χ4n) is 3.79. The van der Waals surface area contributed by atoms with Crippen LogP contribution in [0.4, 0.5) is 5.69 Å². The van der Waals surface area contributed by atoms with E-state index in [1.54, 1.807) is 31.4 Å². The highest BCUT2D eigenvalue weighted by molar-refractivity contribution is 7.80. The number of fused-ring (bicyclic) bond motifs is 1. The zero-order valence-electron chi connectivity index (χ0n) is 19.1. The molecule has 1 unspecified atom stereocenters. The molecule has 0 bridgehead atoms. The van der Waals surface area contributed by atoms with Gasteiger partial charge in [0.05, 0.1) is 18.5 Å². The van der Waals surface area contributed by atoms with Gasteiger partial charge in [0.2, 0.25) is 0 Å².